The molecule has 2 aromatic heterocycles. The minimum Gasteiger partial charge on any atom is -0.266 e. The third-order valence-electron chi connectivity index (χ3n) is 3.71. The average molecular weight is 334 g/mol. The summed E-state index contributed by atoms with van der Waals surface area (Å²) in [5.41, 5.74) is 7.09. The first-order chi connectivity index (χ1) is 11.7. The van der Waals surface area contributed by atoms with E-state index in [4.69, 9.17) is 0 Å². The van der Waals surface area contributed by atoms with Crippen molar-refractivity contribution < 1.29 is 4.79 Å². The van der Waals surface area contributed by atoms with Gasteiger partial charge < -0.3 is 0 Å². The lowest BCUT2D eigenvalue weighted by Gasteiger charge is -2.04. The normalized spacial score (nSPS) is 10.9. The number of hydrogen-bond acceptors (Lipinski definition) is 4. The summed E-state index contributed by atoms with van der Waals surface area (Å²) in [6.45, 7) is 2.04. The number of nitrogens with zero attached hydrogens (tertiary/aromatic N) is 3. The highest BCUT2D eigenvalue weighted by atomic mass is 32.1. The van der Waals surface area contributed by atoms with Crippen LogP contribution in [-0.2, 0) is 0 Å². The van der Waals surface area contributed by atoms with Crippen molar-refractivity contribution in [2.45, 2.75) is 6.92 Å². The lowest BCUT2D eigenvalue weighted by molar-refractivity contribution is 0.100. The summed E-state index contributed by atoms with van der Waals surface area (Å²) < 4.78 is 1.61. The number of thiazole rings is 1. The minimum atomic E-state index is -0.257. The van der Waals surface area contributed by atoms with Gasteiger partial charge in [-0.1, -0.05) is 42.0 Å². The lowest BCUT2D eigenvalue weighted by Crippen LogP contribution is -2.22. The Morgan fingerprint density at radius 2 is 1.92 bits per heavy atom. The molecular weight excluding hydrogens is 320 g/mol. The van der Waals surface area contributed by atoms with Crippen LogP contribution in [0, 0.1) is 6.92 Å². The molecule has 2 heterocycles. The highest BCUT2D eigenvalue weighted by Gasteiger charge is 2.13. The van der Waals surface area contributed by atoms with E-state index in [1.807, 2.05) is 55.5 Å². The second-order valence-corrected chi connectivity index (χ2v) is 6.31. The maximum Gasteiger partial charge on any atom is 0.289 e. The van der Waals surface area contributed by atoms with Crippen LogP contribution < -0.4 is 5.43 Å². The Morgan fingerprint density at radius 1 is 1.12 bits per heavy atom. The van der Waals surface area contributed by atoms with Gasteiger partial charge in [-0.25, -0.2) is 14.6 Å². The molecule has 1 amide bonds. The predicted molar refractivity (Wildman–Crippen MR) is 95.7 cm³/mol. The molecule has 4 aromatic rings. The SMILES string of the molecule is Cc1ccc(-c2nc(C(=O)Nn3cnc4ccccc43)cs2)cc1. The Morgan fingerprint density at radius 3 is 2.75 bits per heavy atom. The predicted octanol–water partition coefficient (Wildman–Crippen LogP) is 3.85. The average Bonchev–Trinajstić information content (AvgIpc) is 3.23. The molecule has 0 radical (unpaired) electrons. The summed E-state index contributed by atoms with van der Waals surface area (Å²) in [6.07, 6.45) is 1.59. The Kier molecular flexibility index (Phi) is 3.59. The van der Waals surface area contributed by atoms with Crippen LogP contribution in [0.3, 0.4) is 0 Å². The van der Waals surface area contributed by atoms with Crippen molar-refractivity contribution in [1.82, 2.24) is 14.6 Å². The molecule has 1 N–H and O–H groups in total. The molecular formula is C18H14N4OS. The standard InChI is InChI=1S/C18H14N4OS/c1-12-6-8-13(9-7-12)18-20-15(10-24-18)17(23)21-22-11-19-14-4-2-3-5-16(14)22/h2-11H,1H3,(H,21,23). The summed E-state index contributed by atoms with van der Waals surface area (Å²) in [5, 5.41) is 2.60. The molecule has 4 rings (SSSR count). The molecule has 0 saturated heterocycles. The van der Waals surface area contributed by atoms with Crippen molar-refractivity contribution in [2.75, 3.05) is 5.43 Å². The number of aromatic nitrogens is 3. The van der Waals surface area contributed by atoms with E-state index in [0.29, 0.717) is 5.69 Å². The van der Waals surface area contributed by atoms with E-state index < -0.39 is 0 Å². The molecule has 0 saturated carbocycles. The van der Waals surface area contributed by atoms with E-state index in [-0.39, 0.29) is 5.91 Å². The van der Waals surface area contributed by atoms with Gasteiger partial charge in [-0.2, -0.15) is 0 Å². The van der Waals surface area contributed by atoms with Gasteiger partial charge in [0.25, 0.3) is 5.91 Å². The van der Waals surface area contributed by atoms with Gasteiger partial charge in [-0.15, -0.1) is 11.3 Å². The molecule has 2 aromatic carbocycles. The number of carbonyl (C=O) groups is 1. The van der Waals surface area contributed by atoms with Crippen LogP contribution in [0.2, 0.25) is 0 Å². The van der Waals surface area contributed by atoms with Crippen LogP contribution in [0.1, 0.15) is 16.1 Å². The van der Waals surface area contributed by atoms with Crippen molar-refractivity contribution in [3.8, 4) is 10.6 Å². The summed E-state index contributed by atoms with van der Waals surface area (Å²) in [5.74, 6) is -0.257. The number of hydrogen-bond donors (Lipinski definition) is 1. The Labute approximate surface area is 142 Å². The number of imidazole rings is 1. The summed E-state index contributed by atoms with van der Waals surface area (Å²) in [6, 6.07) is 15.7. The number of aryl methyl sites for hydroxylation is 1. The fraction of sp³-hybridized carbons (Fsp3) is 0.0556. The maximum absolute atomic E-state index is 12.4. The van der Waals surface area contributed by atoms with E-state index in [2.05, 4.69) is 15.4 Å². The summed E-state index contributed by atoms with van der Waals surface area (Å²) >= 11 is 1.46. The zero-order valence-electron chi connectivity index (χ0n) is 12.9. The van der Waals surface area contributed by atoms with Crippen LogP contribution in [0.25, 0.3) is 21.6 Å². The summed E-state index contributed by atoms with van der Waals surface area (Å²) in [7, 11) is 0. The number of carbonyl (C=O) groups excluding carboxylic acids is 1. The molecule has 24 heavy (non-hydrogen) atoms. The van der Waals surface area contributed by atoms with Crippen LogP contribution in [0.4, 0.5) is 0 Å². The van der Waals surface area contributed by atoms with Gasteiger partial charge in [-0.3, -0.25) is 10.2 Å². The molecule has 0 aliphatic carbocycles. The fourth-order valence-electron chi connectivity index (χ4n) is 2.42. The molecule has 5 nitrogen and oxygen atoms in total. The third kappa shape index (κ3) is 2.68. The molecule has 0 fully saturated rings. The van der Waals surface area contributed by atoms with Gasteiger partial charge in [0.05, 0.1) is 11.0 Å². The first-order valence-corrected chi connectivity index (χ1v) is 8.35. The van der Waals surface area contributed by atoms with E-state index >= 15 is 0 Å². The first-order valence-electron chi connectivity index (χ1n) is 7.47. The monoisotopic (exact) mass is 334 g/mol. The highest BCUT2D eigenvalue weighted by molar-refractivity contribution is 7.13. The fourth-order valence-corrected chi connectivity index (χ4v) is 3.23. The van der Waals surface area contributed by atoms with Gasteiger partial charge in [0.1, 0.15) is 17.0 Å². The third-order valence-corrected chi connectivity index (χ3v) is 4.60. The zero-order valence-corrected chi connectivity index (χ0v) is 13.7. The van der Waals surface area contributed by atoms with Crippen molar-refractivity contribution in [3.63, 3.8) is 0 Å². The van der Waals surface area contributed by atoms with Gasteiger partial charge >= 0.3 is 0 Å². The van der Waals surface area contributed by atoms with E-state index in [1.54, 1.807) is 16.4 Å². The van der Waals surface area contributed by atoms with Gasteiger partial charge in [0.15, 0.2) is 0 Å². The molecule has 6 heteroatoms. The molecule has 0 spiro atoms. The molecule has 0 bridgehead atoms. The number of amides is 1. The second-order valence-electron chi connectivity index (χ2n) is 5.45. The highest BCUT2D eigenvalue weighted by Crippen LogP contribution is 2.24. The van der Waals surface area contributed by atoms with Crippen LogP contribution in [-0.4, -0.2) is 20.6 Å². The Balaban J connectivity index is 1.58. The van der Waals surface area contributed by atoms with Gasteiger partial charge in [0, 0.05) is 10.9 Å². The van der Waals surface area contributed by atoms with Gasteiger partial charge in [-0.05, 0) is 19.1 Å². The van der Waals surface area contributed by atoms with Crippen LogP contribution >= 0.6 is 11.3 Å². The number of benzene rings is 2. The van der Waals surface area contributed by atoms with E-state index in [9.17, 15) is 4.79 Å². The lowest BCUT2D eigenvalue weighted by atomic mass is 10.2. The largest absolute Gasteiger partial charge is 0.289 e. The Bertz CT molecular complexity index is 1020. The molecule has 118 valence electrons. The first kappa shape index (κ1) is 14.6. The molecule has 0 aliphatic rings. The smallest absolute Gasteiger partial charge is 0.266 e. The topological polar surface area (TPSA) is 59.8 Å². The van der Waals surface area contributed by atoms with E-state index in [1.165, 1.54) is 16.9 Å². The second kappa shape index (κ2) is 5.90. The molecule has 0 aliphatic heterocycles. The maximum atomic E-state index is 12.4. The van der Waals surface area contributed by atoms with Crippen molar-refractivity contribution in [3.05, 3.63) is 71.5 Å². The summed E-state index contributed by atoms with van der Waals surface area (Å²) in [4.78, 5) is 21.1. The molecule has 0 unspecified atom stereocenters. The Hall–Kier alpha value is -2.99. The number of rotatable bonds is 3. The van der Waals surface area contributed by atoms with E-state index in [0.717, 1.165) is 21.6 Å². The zero-order chi connectivity index (χ0) is 16.5. The van der Waals surface area contributed by atoms with Gasteiger partial charge in [0.2, 0.25) is 0 Å². The number of para-hydroxylation sites is 2. The van der Waals surface area contributed by atoms with Crippen molar-refractivity contribution in [1.29, 1.82) is 0 Å². The van der Waals surface area contributed by atoms with Crippen LogP contribution in [0.5, 0.6) is 0 Å². The van der Waals surface area contributed by atoms with Crippen molar-refractivity contribution >= 4 is 28.3 Å². The van der Waals surface area contributed by atoms with Crippen molar-refractivity contribution in [2.24, 2.45) is 0 Å². The number of nitrogens with one attached hydrogen (secondary N) is 1. The van der Waals surface area contributed by atoms with Crippen LogP contribution in [0.15, 0.2) is 60.2 Å². The minimum absolute atomic E-state index is 0.257. The number of fused-ring (bicyclic) bond motifs is 1. The quantitative estimate of drug-likeness (QED) is 0.619. The molecule has 0 atom stereocenters.